The molecule has 1 heterocycles. The Bertz CT molecular complexity index is 476. The quantitative estimate of drug-likeness (QED) is 0.909. The van der Waals surface area contributed by atoms with Crippen molar-refractivity contribution in [1.29, 1.82) is 0 Å². The van der Waals surface area contributed by atoms with Gasteiger partial charge in [-0.3, -0.25) is 0 Å². The fourth-order valence-corrected chi connectivity index (χ4v) is 3.96. The van der Waals surface area contributed by atoms with Gasteiger partial charge in [0.2, 0.25) is 0 Å². The van der Waals surface area contributed by atoms with E-state index in [0.29, 0.717) is 6.04 Å². The van der Waals surface area contributed by atoms with Crippen molar-refractivity contribution in [2.75, 3.05) is 26.2 Å². The van der Waals surface area contributed by atoms with E-state index in [4.69, 9.17) is 5.73 Å². The van der Waals surface area contributed by atoms with Crippen LogP contribution in [0.1, 0.15) is 39.2 Å². The maximum absolute atomic E-state index is 11.5. The molecule has 1 atom stereocenters. The highest BCUT2D eigenvalue weighted by molar-refractivity contribution is 5.72. The molecule has 1 aromatic rings. The van der Waals surface area contributed by atoms with Crippen LogP contribution in [0.5, 0.6) is 0 Å². The standard InChI is InChI=1S/C18H29N3O/c1-4-20(5-2)15(3)18(16-9-7-6-8-10-16)11-13-21(14-12-18)17(19)22/h6-10,15H,4-5,11-14H2,1-3H3,(H2,19,22). The molecule has 4 nitrogen and oxygen atoms in total. The summed E-state index contributed by atoms with van der Waals surface area (Å²) in [6, 6.07) is 10.9. The van der Waals surface area contributed by atoms with E-state index in [9.17, 15) is 4.79 Å². The Morgan fingerprint density at radius 2 is 1.77 bits per heavy atom. The first-order chi connectivity index (χ1) is 10.5. The van der Waals surface area contributed by atoms with Gasteiger partial charge in [0.1, 0.15) is 0 Å². The van der Waals surface area contributed by atoms with Gasteiger partial charge in [0.25, 0.3) is 0 Å². The van der Waals surface area contributed by atoms with Crippen LogP contribution in [0, 0.1) is 0 Å². The highest BCUT2D eigenvalue weighted by Gasteiger charge is 2.43. The minimum Gasteiger partial charge on any atom is -0.351 e. The highest BCUT2D eigenvalue weighted by Crippen LogP contribution is 2.40. The Labute approximate surface area is 134 Å². The zero-order chi connectivity index (χ0) is 16.2. The largest absolute Gasteiger partial charge is 0.351 e. The van der Waals surface area contributed by atoms with Crippen LogP contribution < -0.4 is 5.73 Å². The van der Waals surface area contributed by atoms with E-state index in [-0.39, 0.29) is 11.4 Å². The van der Waals surface area contributed by atoms with Gasteiger partial charge in [0, 0.05) is 24.5 Å². The van der Waals surface area contributed by atoms with Gasteiger partial charge in [0.05, 0.1) is 0 Å². The molecule has 0 aliphatic carbocycles. The topological polar surface area (TPSA) is 49.6 Å². The molecule has 2 rings (SSSR count). The summed E-state index contributed by atoms with van der Waals surface area (Å²) in [5, 5.41) is 0. The van der Waals surface area contributed by atoms with Crippen LogP contribution in [0.2, 0.25) is 0 Å². The van der Waals surface area contributed by atoms with E-state index in [0.717, 1.165) is 39.0 Å². The molecule has 0 bridgehead atoms. The number of amides is 2. The number of carbonyl (C=O) groups is 1. The van der Waals surface area contributed by atoms with E-state index in [1.807, 2.05) is 0 Å². The molecular weight excluding hydrogens is 274 g/mol. The van der Waals surface area contributed by atoms with Gasteiger partial charge in [-0.15, -0.1) is 0 Å². The number of hydrogen-bond acceptors (Lipinski definition) is 2. The van der Waals surface area contributed by atoms with Gasteiger partial charge in [-0.25, -0.2) is 4.79 Å². The second kappa shape index (κ2) is 7.14. The number of urea groups is 1. The number of nitrogens with two attached hydrogens (primary N) is 1. The number of likely N-dealkylation sites (N-methyl/N-ethyl adjacent to an activating group) is 1. The first-order valence-corrected chi connectivity index (χ1v) is 8.39. The minimum absolute atomic E-state index is 0.0965. The predicted octanol–water partition coefficient (Wildman–Crippen LogP) is 2.83. The van der Waals surface area contributed by atoms with Gasteiger partial charge in [-0.2, -0.15) is 0 Å². The zero-order valence-corrected chi connectivity index (χ0v) is 14.1. The van der Waals surface area contributed by atoms with Crippen molar-refractivity contribution in [2.45, 2.75) is 45.1 Å². The van der Waals surface area contributed by atoms with Crippen LogP contribution in [0.3, 0.4) is 0 Å². The third-order valence-corrected chi connectivity index (χ3v) is 5.48. The van der Waals surface area contributed by atoms with Crippen LogP contribution in [0.25, 0.3) is 0 Å². The molecule has 1 aromatic carbocycles. The molecule has 1 saturated heterocycles. The molecule has 0 spiro atoms. The van der Waals surface area contributed by atoms with Crippen LogP contribution in [0.15, 0.2) is 30.3 Å². The smallest absolute Gasteiger partial charge is 0.314 e. The lowest BCUT2D eigenvalue weighted by molar-refractivity contribution is 0.0842. The van der Waals surface area contributed by atoms with Crippen molar-refractivity contribution >= 4 is 6.03 Å². The number of rotatable bonds is 5. The summed E-state index contributed by atoms with van der Waals surface area (Å²) < 4.78 is 0. The van der Waals surface area contributed by atoms with E-state index < -0.39 is 0 Å². The summed E-state index contributed by atoms with van der Waals surface area (Å²) in [5.74, 6) is 0. The maximum Gasteiger partial charge on any atom is 0.314 e. The molecule has 22 heavy (non-hydrogen) atoms. The number of likely N-dealkylation sites (tertiary alicyclic amines) is 1. The third kappa shape index (κ3) is 3.12. The lowest BCUT2D eigenvalue weighted by Gasteiger charge is -2.49. The van der Waals surface area contributed by atoms with Crippen molar-refractivity contribution < 1.29 is 4.79 Å². The van der Waals surface area contributed by atoms with E-state index in [1.54, 1.807) is 4.90 Å². The highest BCUT2D eigenvalue weighted by atomic mass is 16.2. The Kier molecular flexibility index (Phi) is 5.46. The fourth-order valence-electron chi connectivity index (χ4n) is 3.96. The van der Waals surface area contributed by atoms with Gasteiger partial charge >= 0.3 is 6.03 Å². The molecule has 2 amide bonds. The minimum atomic E-state index is -0.294. The van der Waals surface area contributed by atoms with Gasteiger partial charge in [-0.1, -0.05) is 44.2 Å². The number of primary amides is 1. The average molecular weight is 303 g/mol. The normalized spacial score (nSPS) is 19.2. The Balaban J connectivity index is 2.32. The molecular formula is C18H29N3O. The maximum atomic E-state index is 11.5. The lowest BCUT2D eigenvalue weighted by atomic mass is 9.67. The summed E-state index contributed by atoms with van der Waals surface area (Å²) in [6.45, 7) is 10.4. The number of hydrogen-bond donors (Lipinski definition) is 1. The van der Waals surface area contributed by atoms with Crippen molar-refractivity contribution in [3.05, 3.63) is 35.9 Å². The molecule has 1 fully saturated rings. The van der Waals surface area contributed by atoms with Crippen LogP contribution in [-0.2, 0) is 5.41 Å². The Hall–Kier alpha value is -1.55. The third-order valence-electron chi connectivity index (χ3n) is 5.48. The van der Waals surface area contributed by atoms with Crippen molar-refractivity contribution in [3.63, 3.8) is 0 Å². The first kappa shape index (κ1) is 16.8. The molecule has 122 valence electrons. The molecule has 1 aliphatic rings. The molecule has 0 radical (unpaired) electrons. The number of carbonyl (C=O) groups excluding carboxylic acids is 1. The number of benzene rings is 1. The van der Waals surface area contributed by atoms with Crippen LogP contribution in [0.4, 0.5) is 4.79 Å². The fraction of sp³-hybridized carbons (Fsp3) is 0.611. The second-order valence-electron chi connectivity index (χ2n) is 6.24. The SMILES string of the molecule is CCN(CC)C(C)C1(c2ccccc2)CCN(C(N)=O)CC1. The molecule has 1 unspecified atom stereocenters. The zero-order valence-electron chi connectivity index (χ0n) is 14.1. The van der Waals surface area contributed by atoms with E-state index in [1.165, 1.54) is 5.56 Å². The molecule has 0 saturated carbocycles. The summed E-state index contributed by atoms with van der Waals surface area (Å²) >= 11 is 0. The number of nitrogens with zero attached hydrogens (tertiary/aromatic N) is 2. The van der Waals surface area contributed by atoms with Gasteiger partial charge < -0.3 is 15.5 Å². The molecule has 4 heteroatoms. The van der Waals surface area contributed by atoms with Gasteiger partial charge in [0.15, 0.2) is 0 Å². The summed E-state index contributed by atoms with van der Waals surface area (Å²) in [7, 11) is 0. The summed E-state index contributed by atoms with van der Waals surface area (Å²) in [5.41, 5.74) is 6.94. The van der Waals surface area contributed by atoms with Crippen LogP contribution in [-0.4, -0.2) is 48.1 Å². The second-order valence-corrected chi connectivity index (χ2v) is 6.24. The molecule has 1 aliphatic heterocycles. The summed E-state index contributed by atoms with van der Waals surface area (Å²) in [4.78, 5) is 15.8. The average Bonchev–Trinajstić information content (AvgIpc) is 2.56. The predicted molar refractivity (Wildman–Crippen MR) is 90.9 cm³/mol. The molecule has 0 aromatic heterocycles. The van der Waals surface area contributed by atoms with Crippen LogP contribution >= 0.6 is 0 Å². The van der Waals surface area contributed by atoms with Gasteiger partial charge in [-0.05, 0) is 38.4 Å². The number of piperidine rings is 1. The lowest BCUT2D eigenvalue weighted by Crippen LogP contribution is -2.55. The summed E-state index contributed by atoms with van der Waals surface area (Å²) in [6.07, 6.45) is 1.94. The monoisotopic (exact) mass is 303 g/mol. The Morgan fingerprint density at radius 3 is 2.23 bits per heavy atom. The first-order valence-electron chi connectivity index (χ1n) is 8.39. The van der Waals surface area contributed by atoms with E-state index in [2.05, 4.69) is 56.0 Å². The Morgan fingerprint density at radius 1 is 1.23 bits per heavy atom. The van der Waals surface area contributed by atoms with Crippen molar-refractivity contribution in [2.24, 2.45) is 5.73 Å². The molecule has 2 N–H and O–H groups in total. The van der Waals surface area contributed by atoms with Crippen molar-refractivity contribution in [3.8, 4) is 0 Å². The van der Waals surface area contributed by atoms with Crippen molar-refractivity contribution in [1.82, 2.24) is 9.80 Å². The van der Waals surface area contributed by atoms with E-state index >= 15 is 0 Å².